The van der Waals surface area contributed by atoms with Crippen LogP contribution in [0.4, 0.5) is 4.39 Å². The molecule has 0 aromatic heterocycles. The summed E-state index contributed by atoms with van der Waals surface area (Å²) in [4.78, 5) is -0.306. The highest BCUT2D eigenvalue weighted by Crippen LogP contribution is 2.35. The summed E-state index contributed by atoms with van der Waals surface area (Å²) in [6.07, 6.45) is 5.46. The normalized spacial score (nSPS) is 18.6. The number of rotatable bonds is 5. The zero-order valence-electron chi connectivity index (χ0n) is 12.4. The van der Waals surface area contributed by atoms with E-state index in [0.717, 1.165) is 25.7 Å². The van der Waals surface area contributed by atoms with Gasteiger partial charge in [0.05, 0.1) is 0 Å². The molecule has 3 N–H and O–H groups in total. The second-order valence-corrected chi connectivity index (χ2v) is 7.90. The molecule has 1 aliphatic rings. The van der Waals surface area contributed by atoms with E-state index in [9.17, 15) is 12.8 Å². The Hall–Kier alpha value is -0.980. The minimum atomic E-state index is -3.82. The van der Waals surface area contributed by atoms with Crippen molar-refractivity contribution in [3.63, 3.8) is 0 Å². The number of halogens is 1. The average molecular weight is 314 g/mol. The van der Waals surface area contributed by atoms with Crippen molar-refractivity contribution in [2.45, 2.75) is 50.5 Å². The summed E-state index contributed by atoms with van der Waals surface area (Å²) in [5.74, 6) is -0.751. The fraction of sp³-hybridized carbons (Fsp3) is 0.600. The first-order valence-corrected chi connectivity index (χ1v) is 8.83. The molecule has 0 spiro atoms. The van der Waals surface area contributed by atoms with Crippen LogP contribution in [0.25, 0.3) is 0 Å². The molecule has 1 aliphatic carbocycles. The van der Waals surface area contributed by atoms with Crippen LogP contribution in [-0.2, 0) is 16.6 Å². The molecule has 1 saturated carbocycles. The topological polar surface area (TPSA) is 72.2 Å². The van der Waals surface area contributed by atoms with Crippen LogP contribution in [0.3, 0.4) is 0 Å². The van der Waals surface area contributed by atoms with E-state index in [1.54, 1.807) is 6.07 Å². The van der Waals surface area contributed by atoms with Gasteiger partial charge in [0.15, 0.2) is 0 Å². The van der Waals surface area contributed by atoms with Crippen molar-refractivity contribution in [2.75, 3.05) is 6.54 Å². The van der Waals surface area contributed by atoms with Crippen LogP contribution in [0.1, 0.15) is 44.6 Å². The summed E-state index contributed by atoms with van der Waals surface area (Å²) in [5.41, 5.74) is 5.97. The highest BCUT2D eigenvalue weighted by molar-refractivity contribution is 7.89. The molecule has 1 aromatic carbocycles. The smallest absolute Gasteiger partial charge is 0.243 e. The summed E-state index contributed by atoms with van der Waals surface area (Å²) in [7, 11) is -3.82. The van der Waals surface area contributed by atoms with Gasteiger partial charge in [-0.25, -0.2) is 17.5 Å². The first kappa shape index (κ1) is 16.4. The molecule has 1 aromatic rings. The maximum Gasteiger partial charge on any atom is 0.243 e. The Kier molecular flexibility index (Phi) is 5.01. The predicted octanol–water partition coefficient (Wildman–Crippen LogP) is 2.53. The van der Waals surface area contributed by atoms with Gasteiger partial charge in [0.25, 0.3) is 0 Å². The zero-order chi connectivity index (χ0) is 15.5. The molecule has 118 valence electrons. The van der Waals surface area contributed by atoms with E-state index in [1.807, 2.05) is 0 Å². The highest BCUT2D eigenvalue weighted by atomic mass is 32.2. The molecular weight excluding hydrogens is 291 g/mol. The SMILES string of the molecule is CC1(CNS(=O)(=O)c2ccc(CN)cc2F)CCCCC1. The Morgan fingerprint density at radius 1 is 1.29 bits per heavy atom. The molecule has 0 bridgehead atoms. The first-order valence-electron chi connectivity index (χ1n) is 7.34. The lowest BCUT2D eigenvalue weighted by Crippen LogP contribution is -2.37. The van der Waals surface area contributed by atoms with Gasteiger partial charge in [-0.15, -0.1) is 0 Å². The summed E-state index contributed by atoms with van der Waals surface area (Å²) in [6.45, 7) is 2.62. The Balaban J connectivity index is 2.11. The molecule has 4 nitrogen and oxygen atoms in total. The number of hydrogen-bond acceptors (Lipinski definition) is 3. The van der Waals surface area contributed by atoms with E-state index in [2.05, 4.69) is 11.6 Å². The minimum absolute atomic E-state index is 0.0288. The Morgan fingerprint density at radius 3 is 2.52 bits per heavy atom. The van der Waals surface area contributed by atoms with Crippen molar-refractivity contribution in [3.8, 4) is 0 Å². The van der Waals surface area contributed by atoms with E-state index in [0.29, 0.717) is 12.1 Å². The summed E-state index contributed by atoms with van der Waals surface area (Å²) < 4.78 is 41.0. The second-order valence-electron chi connectivity index (χ2n) is 6.16. The molecule has 0 amide bonds. The first-order chi connectivity index (χ1) is 9.86. The third-order valence-electron chi connectivity index (χ3n) is 4.27. The Bertz CT molecular complexity index is 596. The maximum atomic E-state index is 13.9. The van der Waals surface area contributed by atoms with Crippen molar-refractivity contribution in [3.05, 3.63) is 29.6 Å². The molecule has 0 heterocycles. The number of sulfonamides is 1. The standard InChI is InChI=1S/C15H23FN2O2S/c1-15(7-3-2-4-8-15)11-18-21(19,20)14-6-5-12(10-17)9-13(14)16/h5-6,9,18H,2-4,7-8,10-11,17H2,1H3. The van der Waals surface area contributed by atoms with Crippen molar-refractivity contribution in [1.82, 2.24) is 4.72 Å². The summed E-state index contributed by atoms with van der Waals surface area (Å²) in [5, 5.41) is 0. The molecule has 0 atom stereocenters. The third-order valence-corrected chi connectivity index (χ3v) is 5.71. The third kappa shape index (κ3) is 4.02. The molecule has 0 unspecified atom stereocenters. The Morgan fingerprint density at radius 2 is 1.95 bits per heavy atom. The number of nitrogens with one attached hydrogen (secondary N) is 1. The van der Waals surface area contributed by atoms with Gasteiger partial charge in [-0.1, -0.05) is 32.3 Å². The molecule has 0 saturated heterocycles. The quantitative estimate of drug-likeness (QED) is 0.877. The van der Waals surface area contributed by atoms with Crippen LogP contribution in [0, 0.1) is 11.2 Å². The van der Waals surface area contributed by atoms with Crippen molar-refractivity contribution in [2.24, 2.45) is 11.1 Å². The lowest BCUT2D eigenvalue weighted by Gasteiger charge is -2.33. The summed E-state index contributed by atoms with van der Waals surface area (Å²) >= 11 is 0. The largest absolute Gasteiger partial charge is 0.326 e. The number of hydrogen-bond donors (Lipinski definition) is 2. The predicted molar refractivity (Wildman–Crippen MR) is 80.7 cm³/mol. The van der Waals surface area contributed by atoms with Gasteiger partial charge in [0, 0.05) is 13.1 Å². The van der Waals surface area contributed by atoms with E-state index >= 15 is 0 Å². The van der Waals surface area contributed by atoms with E-state index in [1.165, 1.54) is 18.6 Å². The molecule has 0 aliphatic heterocycles. The lowest BCUT2D eigenvalue weighted by molar-refractivity contribution is 0.219. The van der Waals surface area contributed by atoms with E-state index in [-0.39, 0.29) is 16.9 Å². The molecule has 21 heavy (non-hydrogen) atoms. The van der Waals surface area contributed by atoms with Gasteiger partial charge < -0.3 is 5.73 Å². The van der Waals surface area contributed by atoms with Crippen LogP contribution < -0.4 is 10.5 Å². The van der Waals surface area contributed by atoms with Gasteiger partial charge in [0.2, 0.25) is 10.0 Å². The van der Waals surface area contributed by atoms with Crippen LogP contribution in [-0.4, -0.2) is 15.0 Å². The fourth-order valence-corrected chi connectivity index (χ4v) is 4.08. The van der Waals surface area contributed by atoms with Gasteiger partial charge in [-0.2, -0.15) is 0 Å². The van der Waals surface area contributed by atoms with Crippen LogP contribution in [0.5, 0.6) is 0 Å². The molecule has 6 heteroatoms. The number of benzene rings is 1. The zero-order valence-corrected chi connectivity index (χ0v) is 13.2. The Labute approximate surface area is 126 Å². The van der Waals surface area contributed by atoms with Crippen LogP contribution in [0.2, 0.25) is 0 Å². The van der Waals surface area contributed by atoms with Gasteiger partial charge in [0.1, 0.15) is 10.7 Å². The maximum absolute atomic E-state index is 13.9. The average Bonchev–Trinajstić information content (AvgIpc) is 2.46. The van der Waals surface area contributed by atoms with Gasteiger partial charge in [-0.05, 0) is 36.0 Å². The lowest BCUT2D eigenvalue weighted by atomic mass is 9.76. The van der Waals surface area contributed by atoms with E-state index in [4.69, 9.17) is 5.73 Å². The van der Waals surface area contributed by atoms with Crippen molar-refractivity contribution in [1.29, 1.82) is 0 Å². The van der Waals surface area contributed by atoms with Crippen molar-refractivity contribution < 1.29 is 12.8 Å². The van der Waals surface area contributed by atoms with Crippen LogP contribution >= 0.6 is 0 Å². The number of nitrogens with two attached hydrogens (primary N) is 1. The second kappa shape index (κ2) is 6.42. The fourth-order valence-electron chi connectivity index (χ4n) is 2.82. The molecular formula is C15H23FN2O2S. The molecule has 1 fully saturated rings. The van der Waals surface area contributed by atoms with Crippen LogP contribution in [0.15, 0.2) is 23.1 Å². The highest BCUT2D eigenvalue weighted by Gasteiger charge is 2.29. The van der Waals surface area contributed by atoms with Gasteiger partial charge in [-0.3, -0.25) is 0 Å². The van der Waals surface area contributed by atoms with Gasteiger partial charge >= 0.3 is 0 Å². The molecule has 0 radical (unpaired) electrons. The minimum Gasteiger partial charge on any atom is -0.326 e. The summed E-state index contributed by atoms with van der Waals surface area (Å²) in [6, 6.07) is 4.00. The van der Waals surface area contributed by atoms with E-state index < -0.39 is 15.8 Å². The monoisotopic (exact) mass is 314 g/mol. The molecule has 2 rings (SSSR count). The van der Waals surface area contributed by atoms with Crippen molar-refractivity contribution >= 4 is 10.0 Å².